The van der Waals surface area contributed by atoms with E-state index in [2.05, 4.69) is 35.1 Å². The lowest BCUT2D eigenvalue weighted by molar-refractivity contribution is -0.141. The van der Waals surface area contributed by atoms with E-state index >= 15 is 0 Å². The predicted molar refractivity (Wildman–Crippen MR) is 118 cm³/mol. The van der Waals surface area contributed by atoms with Gasteiger partial charge < -0.3 is 10.2 Å². The van der Waals surface area contributed by atoms with Gasteiger partial charge in [-0.15, -0.1) is 6.58 Å². The van der Waals surface area contributed by atoms with Crippen molar-refractivity contribution in [3.05, 3.63) is 67.0 Å². The van der Waals surface area contributed by atoms with Crippen molar-refractivity contribution >= 4 is 11.8 Å². The van der Waals surface area contributed by atoms with Crippen LogP contribution in [0.4, 0.5) is 0 Å². The number of hydrogen-bond donors (Lipinski definition) is 1. The fourth-order valence-corrected chi connectivity index (χ4v) is 4.37. The molecule has 1 aliphatic carbocycles. The van der Waals surface area contributed by atoms with Crippen LogP contribution in [-0.4, -0.2) is 41.3 Å². The molecule has 1 aliphatic heterocycles. The number of amides is 2. The second-order valence-corrected chi connectivity index (χ2v) is 8.50. The smallest absolute Gasteiger partial charge is 0.226 e. The quantitative estimate of drug-likeness (QED) is 0.719. The van der Waals surface area contributed by atoms with Crippen LogP contribution in [0.1, 0.15) is 31.2 Å². The van der Waals surface area contributed by atoms with Crippen molar-refractivity contribution in [2.45, 2.75) is 32.1 Å². The van der Waals surface area contributed by atoms with Gasteiger partial charge in [-0.25, -0.2) is 0 Å². The van der Waals surface area contributed by atoms with Gasteiger partial charge in [0, 0.05) is 37.9 Å². The Hall–Kier alpha value is -2.95. The molecule has 5 nitrogen and oxygen atoms in total. The normalized spacial score (nSPS) is 17.9. The van der Waals surface area contributed by atoms with Crippen LogP contribution in [0.25, 0.3) is 11.1 Å². The minimum atomic E-state index is -0.503. The van der Waals surface area contributed by atoms with E-state index in [9.17, 15) is 9.59 Å². The van der Waals surface area contributed by atoms with Crippen molar-refractivity contribution < 1.29 is 9.59 Å². The zero-order chi connectivity index (χ0) is 21.0. The highest BCUT2D eigenvalue weighted by atomic mass is 16.2. The SMILES string of the molecule is C=CCNC(=O)C1(Cc2cccc(-c3cccnc3)c2)CCN(C(=O)C2CC2)CC1. The summed E-state index contributed by atoms with van der Waals surface area (Å²) in [4.78, 5) is 31.8. The fourth-order valence-electron chi connectivity index (χ4n) is 4.37. The van der Waals surface area contributed by atoms with Crippen LogP contribution in [0.2, 0.25) is 0 Å². The Kier molecular flexibility index (Phi) is 5.98. The van der Waals surface area contributed by atoms with Gasteiger partial charge in [-0.05, 0) is 54.9 Å². The summed E-state index contributed by atoms with van der Waals surface area (Å²) < 4.78 is 0. The Morgan fingerprint density at radius 1 is 1.17 bits per heavy atom. The van der Waals surface area contributed by atoms with Gasteiger partial charge in [-0.1, -0.05) is 36.4 Å². The number of aromatic nitrogens is 1. The predicted octanol–water partition coefficient (Wildman–Crippen LogP) is 3.61. The molecule has 1 saturated heterocycles. The third kappa shape index (κ3) is 4.45. The summed E-state index contributed by atoms with van der Waals surface area (Å²) in [5.41, 5.74) is 2.79. The summed E-state index contributed by atoms with van der Waals surface area (Å²) >= 11 is 0. The molecule has 0 atom stereocenters. The molecule has 2 amide bonds. The monoisotopic (exact) mass is 403 g/mol. The van der Waals surface area contributed by atoms with Gasteiger partial charge in [-0.2, -0.15) is 0 Å². The minimum Gasteiger partial charge on any atom is -0.352 e. The minimum absolute atomic E-state index is 0.0627. The molecule has 2 aliphatic rings. The number of benzene rings is 1. The molecule has 156 valence electrons. The molecule has 1 saturated carbocycles. The first kappa shape index (κ1) is 20.3. The van der Waals surface area contributed by atoms with Crippen molar-refractivity contribution in [3.63, 3.8) is 0 Å². The van der Waals surface area contributed by atoms with Gasteiger partial charge in [-0.3, -0.25) is 14.6 Å². The Bertz CT molecular complexity index is 913. The van der Waals surface area contributed by atoms with E-state index in [-0.39, 0.29) is 17.7 Å². The Morgan fingerprint density at radius 3 is 2.60 bits per heavy atom. The van der Waals surface area contributed by atoms with Crippen LogP contribution >= 0.6 is 0 Å². The molecule has 30 heavy (non-hydrogen) atoms. The summed E-state index contributed by atoms with van der Waals surface area (Å²) in [6, 6.07) is 12.3. The van der Waals surface area contributed by atoms with Crippen molar-refractivity contribution in [2.24, 2.45) is 11.3 Å². The lowest BCUT2D eigenvalue weighted by atomic mass is 9.72. The lowest BCUT2D eigenvalue weighted by Crippen LogP contribution is -2.51. The molecule has 0 spiro atoms. The molecular formula is C25H29N3O2. The standard InChI is InChI=1S/C25H29N3O2/c1-2-12-27-24(30)25(10-14-28(15-11-25)23(29)20-8-9-20)17-19-5-3-6-21(16-19)22-7-4-13-26-18-22/h2-7,13,16,18,20H,1,8-12,14-15,17H2,(H,27,30). The fraction of sp³-hybridized carbons (Fsp3) is 0.400. The van der Waals surface area contributed by atoms with Crippen LogP contribution in [0.5, 0.6) is 0 Å². The van der Waals surface area contributed by atoms with Crippen LogP contribution in [0.3, 0.4) is 0 Å². The molecular weight excluding hydrogens is 374 g/mol. The molecule has 1 aromatic carbocycles. The highest BCUT2D eigenvalue weighted by Gasteiger charge is 2.44. The molecule has 5 heteroatoms. The van der Waals surface area contributed by atoms with Gasteiger partial charge in [0.25, 0.3) is 0 Å². The van der Waals surface area contributed by atoms with Gasteiger partial charge in [0.2, 0.25) is 11.8 Å². The Balaban J connectivity index is 1.54. The van der Waals surface area contributed by atoms with E-state index in [4.69, 9.17) is 0 Å². The third-order valence-electron chi connectivity index (χ3n) is 6.31. The van der Waals surface area contributed by atoms with E-state index in [1.165, 1.54) is 0 Å². The lowest BCUT2D eigenvalue weighted by Gasteiger charge is -2.41. The number of likely N-dealkylation sites (tertiary alicyclic amines) is 1. The van der Waals surface area contributed by atoms with Gasteiger partial charge in [0.1, 0.15) is 0 Å². The molecule has 0 radical (unpaired) electrons. The van der Waals surface area contributed by atoms with E-state index in [1.807, 2.05) is 29.3 Å². The van der Waals surface area contributed by atoms with E-state index < -0.39 is 5.41 Å². The number of hydrogen-bond acceptors (Lipinski definition) is 3. The highest BCUT2D eigenvalue weighted by molar-refractivity contribution is 5.85. The molecule has 2 heterocycles. The number of pyridine rings is 1. The number of carbonyl (C=O) groups excluding carboxylic acids is 2. The molecule has 1 aromatic heterocycles. The second kappa shape index (κ2) is 8.82. The van der Waals surface area contributed by atoms with Crippen molar-refractivity contribution in [2.75, 3.05) is 19.6 Å². The summed E-state index contributed by atoms with van der Waals surface area (Å²) in [5, 5.41) is 3.02. The van der Waals surface area contributed by atoms with E-state index in [1.54, 1.807) is 12.3 Å². The number of nitrogens with one attached hydrogen (secondary N) is 1. The molecule has 0 bridgehead atoms. The van der Waals surface area contributed by atoms with Gasteiger partial charge in [0.05, 0.1) is 5.41 Å². The average molecular weight is 404 g/mol. The topological polar surface area (TPSA) is 62.3 Å². The molecule has 2 fully saturated rings. The summed E-state index contributed by atoms with van der Waals surface area (Å²) in [7, 11) is 0. The van der Waals surface area contributed by atoms with Crippen molar-refractivity contribution in [1.29, 1.82) is 0 Å². The summed E-state index contributed by atoms with van der Waals surface area (Å²) in [6.45, 7) is 5.48. The highest BCUT2D eigenvalue weighted by Crippen LogP contribution is 2.39. The van der Waals surface area contributed by atoms with Crippen LogP contribution in [-0.2, 0) is 16.0 Å². The maximum atomic E-state index is 13.2. The number of rotatable bonds is 7. The zero-order valence-electron chi connectivity index (χ0n) is 17.3. The maximum absolute atomic E-state index is 13.2. The maximum Gasteiger partial charge on any atom is 0.226 e. The first-order valence-corrected chi connectivity index (χ1v) is 10.8. The van der Waals surface area contributed by atoms with E-state index in [0.717, 1.165) is 29.5 Å². The first-order valence-electron chi connectivity index (χ1n) is 10.8. The zero-order valence-corrected chi connectivity index (χ0v) is 17.3. The van der Waals surface area contributed by atoms with Crippen LogP contribution in [0.15, 0.2) is 61.4 Å². The van der Waals surface area contributed by atoms with Crippen molar-refractivity contribution in [3.8, 4) is 11.1 Å². The molecule has 1 N–H and O–H groups in total. The summed E-state index contributed by atoms with van der Waals surface area (Å²) in [6.07, 6.45) is 9.40. The summed E-state index contributed by atoms with van der Waals surface area (Å²) in [5.74, 6) is 0.560. The largest absolute Gasteiger partial charge is 0.352 e. The number of carbonyl (C=O) groups is 2. The molecule has 4 rings (SSSR count). The Labute approximate surface area is 178 Å². The van der Waals surface area contributed by atoms with E-state index in [0.29, 0.717) is 38.9 Å². The first-order chi connectivity index (χ1) is 14.6. The molecule has 0 unspecified atom stereocenters. The van der Waals surface area contributed by atoms with Crippen molar-refractivity contribution in [1.82, 2.24) is 15.2 Å². The number of nitrogens with zero attached hydrogens (tertiary/aromatic N) is 2. The van der Waals surface area contributed by atoms with Gasteiger partial charge in [0.15, 0.2) is 0 Å². The Morgan fingerprint density at radius 2 is 1.93 bits per heavy atom. The average Bonchev–Trinajstić information content (AvgIpc) is 3.64. The van der Waals surface area contributed by atoms with Crippen LogP contribution in [0, 0.1) is 11.3 Å². The second-order valence-electron chi connectivity index (χ2n) is 8.50. The number of piperidine rings is 1. The van der Waals surface area contributed by atoms with Gasteiger partial charge >= 0.3 is 0 Å². The molecule has 2 aromatic rings. The van der Waals surface area contributed by atoms with Crippen LogP contribution < -0.4 is 5.32 Å². The third-order valence-corrected chi connectivity index (χ3v) is 6.31.